The van der Waals surface area contributed by atoms with Crippen LogP contribution in [-0.2, 0) is 6.42 Å². The fraction of sp³-hybridized carbons (Fsp3) is 0.429. The van der Waals surface area contributed by atoms with E-state index in [0.29, 0.717) is 5.92 Å². The first kappa shape index (κ1) is 10.7. The van der Waals surface area contributed by atoms with Crippen molar-refractivity contribution in [2.45, 2.75) is 25.2 Å². The molecular weight excluding hydrogens is 212 g/mol. The Kier molecular flexibility index (Phi) is 2.56. The lowest BCUT2D eigenvalue weighted by atomic mass is 9.87. The average Bonchev–Trinajstić information content (AvgIpc) is 2.76. The summed E-state index contributed by atoms with van der Waals surface area (Å²) in [6.07, 6.45) is 3.59. The number of methoxy groups -OCH3 is 1. The summed E-state index contributed by atoms with van der Waals surface area (Å²) in [5, 5.41) is 1.30. The van der Waals surface area contributed by atoms with Crippen LogP contribution in [-0.4, -0.2) is 18.6 Å². The van der Waals surface area contributed by atoms with Gasteiger partial charge in [0.2, 0.25) is 0 Å². The molecule has 0 aliphatic heterocycles. The molecule has 0 fully saturated rings. The molecule has 3 rings (SSSR count). The summed E-state index contributed by atoms with van der Waals surface area (Å²) >= 11 is 0. The molecule has 1 heterocycles. The van der Waals surface area contributed by atoms with Gasteiger partial charge in [-0.15, -0.1) is 0 Å². The highest BCUT2D eigenvalue weighted by Gasteiger charge is 2.23. The molecule has 1 aromatic carbocycles. The first-order chi connectivity index (χ1) is 8.33. The van der Waals surface area contributed by atoms with E-state index in [9.17, 15) is 0 Å². The third kappa shape index (κ3) is 1.62. The maximum Gasteiger partial charge on any atom is 0.119 e. The minimum Gasteiger partial charge on any atom is -0.497 e. The van der Waals surface area contributed by atoms with Gasteiger partial charge in [-0.3, -0.25) is 0 Å². The number of hydrogen-bond acceptors (Lipinski definition) is 2. The maximum atomic E-state index is 5.85. The van der Waals surface area contributed by atoms with Gasteiger partial charge in [-0.2, -0.15) is 0 Å². The number of nitrogens with one attached hydrogen (secondary N) is 1. The number of H-pyrrole nitrogens is 1. The van der Waals surface area contributed by atoms with Crippen LogP contribution in [0.25, 0.3) is 10.9 Å². The molecule has 1 aliphatic rings. The maximum absolute atomic E-state index is 5.85. The highest BCUT2D eigenvalue weighted by molar-refractivity contribution is 5.86. The Balaban J connectivity index is 2.20. The van der Waals surface area contributed by atoms with Crippen molar-refractivity contribution in [1.82, 2.24) is 4.98 Å². The van der Waals surface area contributed by atoms with Crippen molar-refractivity contribution < 1.29 is 4.74 Å². The second kappa shape index (κ2) is 4.08. The number of rotatable bonds is 2. The van der Waals surface area contributed by atoms with E-state index >= 15 is 0 Å². The number of aromatic amines is 1. The Hall–Kier alpha value is -1.48. The summed E-state index contributed by atoms with van der Waals surface area (Å²) in [7, 11) is 1.71. The van der Waals surface area contributed by atoms with E-state index in [1.807, 2.05) is 6.07 Å². The third-order valence-corrected chi connectivity index (χ3v) is 3.82. The molecule has 0 saturated heterocycles. The zero-order valence-corrected chi connectivity index (χ0v) is 10.1. The van der Waals surface area contributed by atoms with Crippen LogP contribution in [0.15, 0.2) is 18.2 Å². The Bertz CT molecular complexity index is 544. The van der Waals surface area contributed by atoms with Crippen LogP contribution in [0.4, 0.5) is 0 Å². The van der Waals surface area contributed by atoms with Crippen LogP contribution >= 0.6 is 0 Å². The standard InChI is InChI=1S/C14H18N2O/c1-17-10-5-6-13-12(7-10)11-4-2-3-9(8-15)14(11)16-13/h5-7,9,16H,2-4,8,15H2,1H3/t9-/m0/s1. The van der Waals surface area contributed by atoms with Crippen molar-refractivity contribution in [3.63, 3.8) is 0 Å². The Morgan fingerprint density at radius 1 is 1.47 bits per heavy atom. The van der Waals surface area contributed by atoms with E-state index in [-0.39, 0.29) is 0 Å². The van der Waals surface area contributed by atoms with E-state index in [1.165, 1.54) is 35.0 Å². The molecule has 1 aromatic heterocycles. The summed E-state index contributed by atoms with van der Waals surface area (Å²) in [5.74, 6) is 1.42. The minimum atomic E-state index is 0.497. The van der Waals surface area contributed by atoms with Gasteiger partial charge >= 0.3 is 0 Å². The van der Waals surface area contributed by atoms with Crippen molar-refractivity contribution in [1.29, 1.82) is 0 Å². The van der Waals surface area contributed by atoms with E-state index in [4.69, 9.17) is 10.5 Å². The largest absolute Gasteiger partial charge is 0.497 e. The molecular formula is C14H18N2O. The van der Waals surface area contributed by atoms with Gasteiger partial charge in [0.1, 0.15) is 5.75 Å². The summed E-state index contributed by atoms with van der Waals surface area (Å²) in [6, 6.07) is 6.23. The number of ether oxygens (including phenoxy) is 1. The van der Waals surface area contributed by atoms with Gasteiger partial charge < -0.3 is 15.5 Å². The first-order valence-corrected chi connectivity index (χ1v) is 6.22. The first-order valence-electron chi connectivity index (χ1n) is 6.22. The normalized spacial score (nSPS) is 19.3. The van der Waals surface area contributed by atoms with E-state index in [1.54, 1.807) is 7.11 Å². The number of hydrogen-bond donors (Lipinski definition) is 2. The lowest BCUT2D eigenvalue weighted by Crippen LogP contribution is -2.17. The molecule has 0 saturated carbocycles. The monoisotopic (exact) mass is 230 g/mol. The molecule has 2 aromatic rings. The predicted molar refractivity (Wildman–Crippen MR) is 69.6 cm³/mol. The number of aromatic nitrogens is 1. The molecule has 0 radical (unpaired) electrons. The molecule has 1 aliphatic carbocycles. The fourth-order valence-corrected chi connectivity index (χ4v) is 2.90. The molecule has 1 atom stereocenters. The van der Waals surface area contributed by atoms with Gasteiger partial charge in [-0.25, -0.2) is 0 Å². The van der Waals surface area contributed by atoms with Gasteiger partial charge in [-0.05, 0) is 43.0 Å². The topological polar surface area (TPSA) is 51.0 Å². The number of fused-ring (bicyclic) bond motifs is 3. The highest BCUT2D eigenvalue weighted by Crippen LogP contribution is 2.36. The van der Waals surface area contributed by atoms with Crippen molar-refractivity contribution in [3.8, 4) is 5.75 Å². The molecule has 0 spiro atoms. The van der Waals surface area contributed by atoms with Gasteiger partial charge in [0, 0.05) is 29.1 Å². The number of benzene rings is 1. The Morgan fingerprint density at radius 3 is 3.12 bits per heavy atom. The molecule has 17 heavy (non-hydrogen) atoms. The Morgan fingerprint density at radius 2 is 2.35 bits per heavy atom. The minimum absolute atomic E-state index is 0.497. The summed E-state index contributed by atoms with van der Waals surface area (Å²) in [6.45, 7) is 0.733. The zero-order chi connectivity index (χ0) is 11.8. The summed E-state index contributed by atoms with van der Waals surface area (Å²) < 4.78 is 5.30. The van der Waals surface area contributed by atoms with Crippen LogP contribution in [0, 0.1) is 0 Å². The molecule has 3 N–H and O–H groups in total. The molecule has 3 heteroatoms. The van der Waals surface area contributed by atoms with E-state index < -0.39 is 0 Å². The van der Waals surface area contributed by atoms with Gasteiger partial charge in [0.15, 0.2) is 0 Å². The Labute approximate surface area is 101 Å². The number of aryl methyl sites for hydroxylation is 1. The van der Waals surface area contributed by atoms with Gasteiger partial charge in [-0.1, -0.05) is 0 Å². The van der Waals surface area contributed by atoms with Crippen LogP contribution in [0.3, 0.4) is 0 Å². The fourth-order valence-electron chi connectivity index (χ4n) is 2.90. The second-order valence-electron chi connectivity index (χ2n) is 4.75. The quantitative estimate of drug-likeness (QED) is 0.833. The van der Waals surface area contributed by atoms with Crippen molar-refractivity contribution >= 4 is 10.9 Å². The van der Waals surface area contributed by atoms with Crippen molar-refractivity contribution in [2.75, 3.05) is 13.7 Å². The zero-order valence-electron chi connectivity index (χ0n) is 10.1. The SMILES string of the molecule is COc1ccc2[nH]c3c(c2c1)CCC[C@H]3CN. The second-order valence-corrected chi connectivity index (χ2v) is 4.75. The highest BCUT2D eigenvalue weighted by atomic mass is 16.5. The van der Waals surface area contributed by atoms with Crippen molar-refractivity contribution in [2.24, 2.45) is 5.73 Å². The smallest absolute Gasteiger partial charge is 0.119 e. The summed E-state index contributed by atoms with van der Waals surface area (Å²) in [5.41, 5.74) is 9.85. The van der Waals surface area contributed by atoms with Crippen LogP contribution in [0.1, 0.15) is 30.0 Å². The van der Waals surface area contributed by atoms with Gasteiger partial charge in [0.05, 0.1) is 7.11 Å². The van der Waals surface area contributed by atoms with E-state index in [0.717, 1.165) is 18.7 Å². The third-order valence-electron chi connectivity index (χ3n) is 3.82. The van der Waals surface area contributed by atoms with Gasteiger partial charge in [0.25, 0.3) is 0 Å². The number of nitrogens with two attached hydrogens (primary N) is 1. The molecule has 3 nitrogen and oxygen atoms in total. The average molecular weight is 230 g/mol. The van der Waals surface area contributed by atoms with Crippen molar-refractivity contribution in [3.05, 3.63) is 29.5 Å². The molecule has 0 bridgehead atoms. The molecule has 0 unspecified atom stereocenters. The van der Waals surface area contributed by atoms with Crippen LogP contribution in [0.5, 0.6) is 5.75 Å². The lowest BCUT2D eigenvalue weighted by Gasteiger charge is -2.20. The molecule has 0 amide bonds. The van der Waals surface area contributed by atoms with E-state index in [2.05, 4.69) is 17.1 Å². The molecule has 90 valence electrons. The predicted octanol–water partition coefficient (Wildman–Crippen LogP) is 2.56. The van der Waals surface area contributed by atoms with Crippen LogP contribution in [0.2, 0.25) is 0 Å². The summed E-state index contributed by atoms with van der Waals surface area (Å²) in [4.78, 5) is 3.53. The lowest BCUT2D eigenvalue weighted by molar-refractivity contribution is 0.415. The van der Waals surface area contributed by atoms with Crippen LogP contribution < -0.4 is 10.5 Å².